The van der Waals surface area contributed by atoms with E-state index in [1.54, 1.807) is 0 Å². The summed E-state index contributed by atoms with van der Waals surface area (Å²) in [6.45, 7) is 26.5. The molecule has 0 aliphatic heterocycles. The van der Waals surface area contributed by atoms with Gasteiger partial charge in [0.05, 0.1) is 23.7 Å². The summed E-state index contributed by atoms with van der Waals surface area (Å²) in [6, 6.07) is 50.2. The number of fused-ring (bicyclic) bond motifs is 1. The molecule has 8 rings (SSSR count). The van der Waals surface area contributed by atoms with Gasteiger partial charge < -0.3 is 5.11 Å². The standard InChI is InChI=1S/C58H60N3O.Pt/c1-55(2,3)42-26-27-50(46(34-42)38-22-17-14-18-23-38)61-51-25-19-24-45(52(51)60-54(61)47-35-44(57(7,8)9)36-48(53(47)62)58(10,11)12)40-30-41(32-43(31-40)56(4,5)6)49-33-39(28-29-59-49)37-20-15-13-16-21-37;/h13-29,31-36,62H,1-12H3;/q-1;/i29D;. The summed E-state index contributed by atoms with van der Waals surface area (Å²) in [7, 11) is 0. The van der Waals surface area contributed by atoms with E-state index >= 15 is 0 Å². The first-order valence-electron chi connectivity index (χ1n) is 22.3. The van der Waals surface area contributed by atoms with E-state index in [9.17, 15) is 5.11 Å². The van der Waals surface area contributed by atoms with Gasteiger partial charge in [0.1, 0.15) is 11.6 Å². The molecule has 0 saturated heterocycles. The normalized spacial score (nSPS) is 12.6. The van der Waals surface area contributed by atoms with Crippen molar-refractivity contribution in [2.24, 2.45) is 0 Å². The van der Waals surface area contributed by atoms with E-state index in [1.807, 2.05) is 24.3 Å². The zero-order chi connectivity index (χ0) is 45.2. The van der Waals surface area contributed by atoms with Crippen molar-refractivity contribution in [2.75, 3.05) is 0 Å². The van der Waals surface area contributed by atoms with Gasteiger partial charge >= 0.3 is 0 Å². The summed E-state index contributed by atoms with van der Waals surface area (Å²) >= 11 is 0. The minimum Gasteiger partial charge on any atom is -0.507 e. The van der Waals surface area contributed by atoms with Crippen LogP contribution >= 0.6 is 0 Å². The van der Waals surface area contributed by atoms with Crippen molar-refractivity contribution in [1.29, 1.82) is 0 Å². The van der Waals surface area contributed by atoms with Gasteiger partial charge in [-0.05, 0) is 79.8 Å². The van der Waals surface area contributed by atoms with Gasteiger partial charge in [-0.15, -0.1) is 29.3 Å². The number of hydrogen-bond donors (Lipinski definition) is 1. The van der Waals surface area contributed by atoms with Crippen LogP contribution in [0.5, 0.6) is 5.75 Å². The van der Waals surface area contributed by atoms with Crippen LogP contribution in [0.25, 0.3) is 72.7 Å². The molecule has 0 spiro atoms. The molecule has 0 amide bonds. The van der Waals surface area contributed by atoms with Crippen molar-refractivity contribution in [3.05, 3.63) is 168 Å². The van der Waals surface area contributed by atoms with Crippen molar-refractivity contribution in [3.8, 4) is 67.5 Å². The van der Waals surface area contributed by atoms with Crippen molar-refractivity contribution in [1.82, 2.24) is 14.5 Å². The molecule has 1 N–H and O–H groups in total. The summed E-state index contributed by atoms with van der Waals surface area (Å²) in [4.78, 5) is 10.4. The van der Waals surface area contributed by atoms with Crippen LogP contribution in [0, 0.1) is 6.07 Å². The smallest absolute Gasteiger partial charge is 0.148 e. The maximum Gasteiger partial charge on any atom is 0.148 e. The van der Waals surface area contributed by atoms with Gasteiger partial charge in [-0.2, -0.15) is 0 Å². The fourth-order valence-corrected chi connectivity index (χ4v) is 8.21. The van der Waals surface area contributed by atoms with Gasteiger partial charge in [-0.25, -0.2) is 4.98 Å². The van der Waals surface area contributed by atoms with Gasteiger partial charge in [0.25, 0.3) is 0 Å². The van der Waals surface area contributed by atoms with Crippen molar-refractivity contribution < 1.29 is 27.5 Å². The van der Waals surface area contributed by atoms with Crippen LogP contribution in [0.4, 0.5) is 0 Å². The summed E-state index contributed by atoms with van der Waals surface area (Å²) in [5, 5.41) is 12.5. The second kappa shape index (κ2) is 16.9. The van der Waals surface area contributed by atoms with E-state index in [0.717, 1.165) is 72.4 Å². The summed E-state index contributed by atoms with van der Waals surface area (Å²) in [5.41, 5.74) is 14.3. The van der Waals surface area contributed by atoms with E-state index in [0.29, 0.717) is 17.1 Å². The van der Waals surface area contributed by atoms with E-state index in [4.69, 9.17) is 11.3 Å². The first-order chi connectivity index (χ1) is 29.6. The number of pyridine rings is 1. The molecule has 2 aromatic heterocycles. The molecule has 63 heavy (non-hydrogen) atoms. The van der Waals surface area contributed by atoms with Gasteiger partial charge in [0, 0.05) is 44.1 Å². The molecule has 0 aliphatic carbocycles. The maximum atomic E-state index is 12.5. The fourth-order valence-electron chi connectivity index (χ4n) is 8.21. The van der Waals surface area contributed by atoms with Crippen LogP contribution in [0.3, 0.4) is 0 Å². The predicted octanol–water partition coefficient (Wildman–Crippen LogP) is 15.4. The molecule has 324 valence electrons. The third kappa shape index (κ3) is 9.11. The average Bonchev–Trinajstić information content (AvgIpc) is 3.61. The van der Waals surface area contributed by atoms with Gasteiger partial charge in [0.2, 0.25) is 0 Å². The summed E-state index contributed by atoms with van der Waals surface area (Å²) in [6.07, 6.45) is 0.201. The Bertz CT molecular complexity index is 2990. The minimum atomic E-state index is -0.338. The monoisotopic (exact) mass is 1010 g/mol. The first-order valence-corrected chi connectivity index (χ1v) is 21.8. The largest absolute Gasteiger partial charge is 0.507 e. The van der Waals surface area contributed by atoms with E-state index in [-0.39, 0.29) is 54.6 Å². The van der Waals surface area contributed by atoms with Gasteiger partial charge in [-0.3, -0.25) is 9.55 Å². The number of aromatic nitrogens is 3. The second-order valence-corrected chi connectivity index (χ2v) is 20.9. The molecule has 0 radical (unpaired) electrons. The third-order valence-corrected chi connectivity index (χ3v) is 12.0. The predicted molar refractivity (Wildman–Crippen MR) is 261 cm³/mol. The molecular formula is C58H60N3OPt-. The SMILES string of the molecule is [2H]c1cc(-c2ccccc2)cc(-c2[c-]c(-c3cccc4c3nc(-c3cc(C(C)(C)C)cc(C(C)(C)C)c3O)n4-c3ccc(C(C)(C)C)cc3-c3ccccc3)cc(C(C)(C)C)c2)n1.[Pt]. The van der Waals surface area contributed by atoms with Gasteiger partial charge in [0.15, 0.2) is 0 Å². The van der Waals surface area contributed by atoms with Crippen LogP contribution in [-0.2, 0) is 42.7 Å². The molecule has 8 aromatic rings. The van der Waals surface area contributed by atoms with Crippen LogP contribution in [0.15, 0.2) is 140 Å². The molecule has 6 aromatic carbocycles. The molecular weight excluding hydrogens is 950 g/mol. The zero-order valence-electron chi connectivity index (χ0n) is 39.8. The van der Waals surface area contributed by atoms with E-state index in [2.05, 4.69) is 203 Å². The molecule has 4 nitrogen and oxygen atoms in total. The number of benzene rings is 6. The topological polar surface area (TPSA) is 50.9 Å². The number of aromatic hydroxyl groups is 1. The summed E-state index contributed by atoms with van der Waals surface area (Å²) < 4.78 is 11.0. The number of phenolic OH excluding ortho intramolecular Hbond substituents is 1. The molecule has 0 unspecified atom stereocenters. The molecule has 0 fully saturated rings. The van der Waals surface area contributed by atoms with Crippen LogP contribution in [0.2, 0.25) is 0 Å². The average molecular weight is 1010 g/mol. The third-order valence-electron chi connectivity index (χ3n) is 12.0. The second-order valence-electron chi connectivity index (χ2n) is 20.9. The van der Waals surface area contributed by atoms with Crippen molar-refractivity contribution in [3.63, 3.8) is 0 Å². The Hall–Kier alpha value is -5.57. The number of imidazole rings is 1. The number of hydrogen-bond acceptors (Lipinski definition) is 3. The minimum absolute atomic E-state index is 0. The Morgan fingerprint density at radius 3 is 1.73 bits per heavy atom. The molecule has 2 heterocycles. The van der Waals surface area contributed by atoms with Crippen LogP contribution in [-0.4, -0.2) is 19.6 Å². The van der Waals surface area contributed by atoms with Crippen LogP contribution in [0.1, 0.15) is 107 Å². The van der Waals surface area contributed by atoms with E-state index in [1.165, 1.54) is 5.56 Å². The number of rotatable bonds is 6. The number of phenols is 1. The fraction of sp³-hybridized carbons (Fsp3) is 0.276. The van der Waals surface area contributed by atoms with E-state index < -0.39 is 0 Å². The Morgan fingerprint density at radius 2 is 1.11 bits per heavy atom. The quantitative estimate of drug-likeness (QED) is 0.169. The molecule has 0 aliphatic rings. The Labute approximate surface area is 391 Å². The Balaban J connectivity index is 0.00000612. The molecule has 0 atom stereocenters. The molecule has 0 saturated carbocycles. The summed E-state index contributed by atoms with van der Waals surface area (Å²) in [5.74, 6) is 0.899. The van der Waals surface area contributed by atoms with Crippen molar-refractivity contribution >= 4 is 11.0 Å². The zero-order valence-corrected chi connectivity index (χ0v) is 41.1. The Morgan fingerprint density at radius 1 is 0.524 bits per heavy atom. The number of nitrogens with zero attached hydrogens (tertiary/aromatic N) is 3. The van der Waals surface area contributed by atoms with Crippen LogP contribution < -0.4 is 0 Å². The molecule has 0 bridgehead atoms. The maximum absolute atomic E-state index is 12.5. The van der Waals surface area contributed by atoms with Gasteiger partial charge in [-0.1, -0.05) is 185 Å². The van der Waals surface area contributed by atoms with Crippen molar-refractivity contribution in [2.45, 2.75) is 105 Å². The molecule has 5 heteroatoms. The first kappa shape index (κ1) is 44.1. The Kier molecular flexibility index (Phi) is 11.8. The number of para-hydroxylation sites is 1.